The maximum Gasteiger partial charge on any atom is 0.133 e. The Labute approximate surface area is 114 Å². The van der Waals surface area contributed by atoms with Crippen LogP contribution in [-0.2, 0) is 12.8 Å². The number of rotatable bonds is 5. The Morgan fingerprint density at radius 1 is 1.33 bits per heavy atom. The lowest BCUT2D eigenvalue weighted by atomic mass is 9.93. The minimum absolute atomic E-state index is 0.0291. The van der Waals surface area contributed by atoms with E-state index in [2.05, 4.69) is 29.1 Å². The van der Waals surface area contributed by atoms with Gasteiger partial charge in [-0.1, -0.05) is 6.92 Å². The maximum atomic E-state index is 5.90. The molecule has 1 atom stereocenters. The summed E-state index contributed by atoms with van der Waals surface area (Å²) in [5.74, 6) is 1.69. The number of alkyl halides is 1. The highest BCUT2D eigenvalue weighted by Gasteiger charge is 2.24. The summed E-state index contributed by atoms with van der Waals surface area (Å²) in [4.78, 5) is 8.85. The summed E-state index contributed by atoms with van der Waals surface area (Å²) in [6, 6.07) is 0. The number of aryl methyl sites for hydroxylation is 1. The fraction of sp³-hybridized carbons (Fsp3) is 0.714. The van der Waals surface area contributed by atoms with Gasteiger partial charge in [-0.3, -0.25) is 0 Å². The van der Waals surface area contributed by atoms with E-state index in [1.807, 2.05) is 0 Å². The molecule has 2 rings (SSSR count). The zero-order valence-corrected chi connectivity index (χ0v) is 12.1. The zero-order chi connectivity index (χ0) is 13.0. The normalized spacial score (nSPS) is 17.9. The second-order valence-corrected chi connectivity index (χ2v) is 5.71. The third-order valence-electron chi connectivity index (χ3n) is 3.97. The second kappa shape index (κ2) is 5.87. The third-order valence-corrected chi connectivity index (χ3v) is 4.16. The highest BCUT2D eigenvalue weighted by Crippen LogP contribution is 2.28. The van der Waals surface area contributed by atoms with Crippen molar-refractivity contribution >= 4 is 17.4 Å². The van der Waals surface area contributed by atoms with Crippen LogP contribution in [-0.4, -0.2) is 21.4 Å². The predicted molar refractivity (Wildman–Crippen MR) is 76.3 cm³/mol. The van der Waals surface area contributed by atoms with Gasteiger partial charge in [-0.25, -0.2) is 9.97 Å². The van der Waals surface area contributed by atoms with Gasteiger partial charge in [0.2, 0.25) is 0 Å². The second-order valence-electron chi connectivity index (χ2n) is 5.33. The van der Waals surface area contributed by atoms with Crippen LogP contribution in [0.5, 0.6) is 0 Å². The van der Waals surface area contributed by atoms with Crippen LogP contribution in [0.3, 0.4) is 0 Å². The first-order valence-corrected chi connectivity index (χ1v) is 7.39. The van der Waals surface area contributed by atoms with Crippen molar-refractivity contribution in [3.63, 3.8) is 0 Å². The van der Waals surface area contributed by atoms with Gasteiger partial charge in [0.15, 0.2) is 0 Å². The molecule has 0 radical (unpaired) electrons. The molecule has 0 amide bonds. The van der Waals surface area contributed by atoms with Crippen molar-refractivity contribution in [3.8, 4) is 0 Å². The smallest absolute Gasteiger partial charge is 0.133 e. The largest absolute Gasteiger partial charge is 0.365 e. The number of nitrogens with one attached hydrogen (secondary N) is 1. The summed E-state index contributed by atoms with van der Waals surface area (Å²) >= 11 is 5.90. The van der Waals surface area contributed by atoms with Gasteiger partial charge in [0, 0.05) is 22.7 Å². The topological polar surface area (TPSA) is 37.8 Å². The van der Waals surface area contributed by atoms with E-state index in [0.29, 0.717) is 5.88 Å². The number of fused-ring (bicyclic) bond motifs is 1. The summed E-state index contributed by atoms with van der Waals surface area (Å²) in [5.41, 5.74) is 2.57. The van der Waals surface area contributed by atoms with Crippen LogP contribution in [0.4, 0.5) is 5.82 Å². The molecule has 4 heteroatoms. The lowest BCUT2D eigenvalue weighted by Crippen LogP contribution is -2.35. The molecule has 0 spiro atoms. The highest BCUT2D eigenvalue weighted by molar-refractivity contribution is 6.17. The van der Waals surface area contributed by atoms with E-state index in [0.717, 1.165) is 31.5 Å². The standard InChI is InChI=1S/C14H22ClN3/c1-3-14(2,8-9-15)18-13-11-6-4-5-7-12(11)16-10-17-13/h10H,3-9H2,1-2H3,(H,16,17,18). The number of hydrogen-bond donors (Lipinski definition) is 1. The van der Waals surface area contributed by atoms with Crippen LogP contribution in [0.25, 0.3) is 0 Å². The van der Waals surface area contributed by atoms with Crippen molar-refractivity contribution in [1.29, 1.82) is 0 Å². The van der Waals surface area contributed by atoms with Crippen molar-refractivity contribution in [3.05, 3.63) is 17.6 Å². The van der Waals surface area contributed by atoms with Gasteiger partial charge in [-0.05, 0) is 45.4 Å². The summed E-state index contributed by atoms with van der Waals surface area (Å²) in [6.07, 6.45) is 8.35. The Morgan fingerprint density at radius 3 is 2.83 bits per heavy atom. The molecule has 1 N–H and O–H groups in total. The van der Waals surface area contributed by atoms with Crippen molar-refractivity contribution in [2.45, 2.75) is 57.9 Å². The molecule has 0 bridgehead atoms. The average Bonchev–Trinajstić information content (AvgIpc) is 2.39. The summed E-state index contributed by atoms with van der Waals surface area (Å²) in [7, 11) is 0. The Balaban J connectivity index is 2.23. The van der Waals surface area contributed by atoms with E-state index in [9.17, 15) is 0 Å². The molecular weight excluding hydrogens is 246 g/mol. The molecule has 1 aromatic rings. The van der Waals surface area contributed by atoms with Crippen molar-refractivity contribution in [2.24, 2.45) is 0 Å². The molecule has 1 aliphatic carbocycles. The molecule has 3 nitrogen and oxygen atoms in total. The Morgan fingerprint density at radius 2 is 2.11 bits per heavy atom. The lowest BCUT2D eigenvalue weighted by molar-refractivity contribution is 0.477. The summed E-state index contributed by atoms with van der Waals surface area (Å²) in [5, 5.41) is 3.60. The van der Waals surface area contributed by atoms with E-state index >= 15 is 0 Å². The van der Waals surface area contributed by atoms with E-state index < -0.39 is 0 Å². The van der Waals surface area contributed by atoms with Crippen LogP contribution in [0.15, 0.2) is 6.33 Å². The molecule has 0 fully saturated rings. The molecule has 18 heavy (non-hydrogen) atoms. The van der Waals surface area contributed by atoms with Crippen molar-refractivity contribution in [1.82, 2.24) is 9.97 Å². The molecule has 0 saturated carbocycles. The Kier molecular flexibility index (Phi) is 4.44. The van der Waals surface area contributed by atoms with Crippen LogP contribution in [0, 0.1) is 0 Å². The Bertz CT molecular complexity index is 408. The first kappa shape index (κ1) is 13.6. The van der Waals surface area contributed by atoms with E-state index in [1.165, 1.54) is 24.1 Å². The minimum atomic E-state index is 0.0291. The van der Waals surface area contributed by atoms with Gasteiger partial charge >= 0.3 is 0 Å². The van der Waals surface area contributed by atoms with Crippen LogP contribution >= 0.6 is 11.6 Å². The minimum Gasteiger partial charge on any atom is -0.365 e. The van der Waals surface area contributed by atoms with Gasteiger partial charge in [0.25, 0.3) is 0 Å². The SMILES string of the molecule is CCC(C)(CCCl)Nc1ncnc2c1CCCC2. The van der Waals surface area contributed by atoms with E-state index in [-0.39, 0.29) is 5.54 Å². The predicted octanol–water partition coefficient (Wildman–Crippen LogP) is 3.56. The van der Waals surface area contributed by atoms with E-state index in [4.69, 9.17) is 11.6 Å². The third kappa shape index (κ3) is 2.94. The summed E-state index contributed by atoms with van der Waals surface area (Å²) in [6.45, 7) is 4.40. The molecule has 0 saturated heterocycles. The molecule has 1 unspecified atom stereocenters. The molecular formula is C14H22ClN3. The van der Waals surface area contributed by atoms with Gasteiger partial charge in [0.1, 0.15) is 12.1 Å². The van der Waals surface area contributed by atoms with Gasteiger partial charge in [-0.2, -0.15) is 0 Å². The van der Waals surface area contributed by atoms with Gasteiger partial charge in [-0.15, -0.1) is 11.6 Å². The average molecular weight is 268 g/mol. The van der Waals surface area contributed by atoms with Crippen molar-refractivity contribution in [2.75, 3.05) is 11.2 Å². The number of anilines is 1. The maximum absolute atomic E-state index is 5.90. The van der Waals surface area contributed by atoms with Crippen LogP contribution in [0.1, 0.15) is 50.8 Å². The molecule has 1 aromatic heterocycles. The van der Waals surface area contributed by atoms with Crippen LogP contribution in [0.2, 0.25) is 0 Å². The molecule has 100 valence electrons. The monoisotopic (exact) mass is 267 g/mol. The molecule has 1 heterocycles. The zero-order valence-electron chi connectivity index (χ0n) is 11.3. The number of aromatic nitrogens is 2. The molecule has 0 aliphatic heterocycles. The highest BCUT2D eigenvalue weighted by atomic mass is 35.5. The van der Waals surface area contributed by atoms with Gasteiger partial charge < -0.3 is 5.32 Å². The molecule has 1 aliphatic rings. The van der Waals surface area contributed by atoms with E-state index in [1.54, 1.807) is 6.33 Å². The van der Waals surface area contributed by atoms with Crippen LogP contribution < -0.4 is 5.32 Å². The number of hydrogen-bond acceptors (Lipinski definition) is 3. The number of halogens is 1. The van der Waals surface area contributed by atoms with Gasteiger partial charge in [0.05, 0.1) is 0 Å². The molecule has 0 aromatic carbocycles. The Hall–Kier alpha value is -0.830. The quantitative estimate of drug-likeness (QED) is 0.829. The number of nitrogens with zero attached hydrogens (tertiary/aromatic N) is 2. The lowest BCUT2D eigenvalue weighted by Gasteiger charge is -2.31. The van der Waals surface area contributed by atoms with Crippen molar-refractivity contribution < 1.29 is 0 Å². The fourth-order valence-electron chi connectivity index (χ4n) is 2.45. The fourth-order valence-corrected chi connectivity index (χ4v) is 2.87. The summed E-state index contributed by atoms with van der Waals surface area (Å²) < 4.78 is 0. The first-order chi connectivity index (χ1) is 8.68. The first-order valence-electron chi connectivity index (χ1n) is 6.85.